The van der Waals surface area contributed by atoms with Gasteiger partial charge in [-0.1, -0.05) is 22.9 Å². The van der Waals surface area contributed by atoms with Crippen molar-refractivity contribution in [2.24, 2.45) is 5.92 Å². The zero-order chi connectivity index (χ0) is 13.2. The highest BCUT2D eigenvalue weighted by Gasteiger charge is 2.31. The van der Waals surface area contributed by atoms with E-state index >= 15 is 0 Å². The molecule has 0 atom stereocenters. The second-order valence-corrected chi connectivity index (χ2v) is 6.41. The van der Waals surface area contributed by atoms with Gasteiger partial charge in [-0.3, -0.25) is 0 Å². The molecule has 0 amide bonds. The van der Waals surface area contributed by atoms with Crippen LogP contribution in [0, 0.1) is 5.92 Å². The van der Waals surface area contributed by atoms with Crippen LogP contribution in [0.15, 0.2) is 22.7 Å². The molecule has 100 valence electrons. The SMILES string of the molecule is CC1CCC(O)(CNc2ccc(Br)cc2N)CC1. The second kappa shape index (κ2) is 5.49. The minimum Gasteiger partial charge on any atom is -0.397 e. The van der Waals surface area contributed by atoms with Crippen molar-refractivity contribution in [1.29, 1.82) is 0 Å². The van der Waals surface area contributed by atoms with E-state index in [9.17, 15) is 5.11 Å². The summed E-state index contributed by atoms with van der Waals surface area (Å²) < 4.78 is 0.968. The predicted octanol–water partition coefficient (Wildman–Crippen LogP) is 3.38. The number of hydrogen-bond donors (Lipinski definition) is 3. The summed E-state index contributed by atoms with van der Waals surface area (Å²) in [6.45, 7) is 2.82. The Bertz CT molecular complexity index is 414. The van der Waals surface area contributed by atoms with E-state index in [-0.39, 0.29) is 0 Å². The van der Waals surface area contributed by atoms with Crippen molar-refractivity contribution in [3.05, 3.63) is 22.7 Å². The van der Waals surface area contributed by atoms with Gasteiger partial charge in [-0.05, 0) is 49.8 Å². The molecule has 1 aliphatic rings. The van der Waals surface area contributed by atoms with Crippen LogP contribution in [0.1, 0.15) is 32.6 Å². The van der Waals surface area contributed by atoms with E-state index in [1.165, 1.54) is 0 Å². The first-order valence-electron chi connectivity index (χ1n) is 6.50. The van der Waals surface area contributed by atoms with Gasteiger partial charge in [0.25, 0.3) is 0 Å². The maximum absolute atomic E-state index is 10.5. The summed E-state index contributed by atoms with van der Waals surface area (Å²) >= 11 is 3.38. The molecule has 1 aromatic rings. The molecular weight excluding hydrogens is 292 g/mol. The molecule has 1 aromatic carbocycles. The van der Waals surface area contributed by atoms with Crippen LogP contribution in [0.5, 0.6) is 0 Å². The molecule has 0 aromatic heterocycles. The van der Waals surface area contributed by atoms with Gasteiger partial charge in [-0.2, -0.15) is 0 Å². The average molecular weight is 313 g/mol. The lowest BCUT2D eigenvalue weighted by Crippen LogP contribution is -2.40. The zero-order valence-corrected chi connectivity index (χ0v) is 12.3. The molecule has 0 unspecified atom stereocenters. The third-order valence-corrected chi connectivity index (χ3v) is 4.32. The van der Waals surface area contributed by atoms with Gasteiger partial charge in [0, 0.05) is 11.0 Å². The standard InChI is InChI=1S/C14H21BrN2O/c1-10-4-6-14(18,7-5-10)9-17-13-3-2-11(15)8-12(13)16/h2-3,8,10,17-18H,4-7,9,16H2,1H3. The molecule has 2 rings (SSSR count). The molecule has 0 bridgehead atoms. The Balaban J connectivity index is 1.94. The first kappa shape index (κ1) is 13.7. The molecule has 1 aliphatic carbocycles. The maximum Gasteiger partial charge on any atom is 0.0819 e. The Kier molecular flexibility index (Phi) is 4.17. The van der Waals surface area contributed by atoms with Crippen molar-refractivity contribution < 1.29 is 5.11 Å². The first-order chi connectivity index (χ1) is 8.48. The highest BCUT2D eigenvalue weighted by Crippen LogP contribution is 2.32. The predicted molar refractivity (Wildman–Crippen MR) is 79.6 cm³/mol. The van der Waals surface area contributed by atoms with E-state index in [4.69, 9.17) is 5.73 Å². The fourth-order valence-corrected chi connectivity index (χ4v) is 2.81. The summed E-state index contributed by atoms with van der Waals surface area (Å²) in [6, 6.07) is 5.76. The first-order valence-corrected chi connectivity index (χ1v) is 7.29. The lowest BCUT2D eigenvalue weighted by molar-refractivity contribution is 0.00503. The van der Waals surface area contributed by atoms with E-state index in [1.54, 1.807) is 0 Å². The lowest BCUT2D eigenvalue weighted by Gasteiger charge is -2.35. The number of aliphatic hydroxyl groups is 1. The molecule has 1 saturated carbocycles. The highest BCUT2D eigenvalue weighted by atomic mass is 79.9. The summed E-state index contributed by atoms with van der Waals surface area (Å²) in [7, 11) is 0. The fourth-order valence-electron chi connectivity index (χ4n) is 2.43. The summed E-state index contributed by atoms with van der Waals surface area (Å²) in [5.74, 6) is 0.739. The zero-order valence-electron chi connectivity index (χ0n) is 10.7. The van der Waals surface area contributed by atoms with Gasteiger partial charge in [0.1, 0.15) is 0 Å². The van der Waals surface area contributed by atoms with E-state index in [0.29, 0.717) is 12.2 Å². The molecule has 1 fully saturated rings. The van der Waals surface area contributed by atoms with Crippen LogP contribution in [0.25, 0.3) is 0 Å². The molecule has 4 heteroatoms. The van der Waals surface area contributed by atoms with Gasteiger partial charge in [-0.15, -0.1) is 0 Å². The number of nitrogens with one attached hydrogen (secondary N) is 1. The van der Waals surface area contributed by atoms with Crippen LogP contribution in [-0.2, 0) is 0 Å². The largest absolute Gasteiger partial charge is 0.397 e. The van der Waals surface area contributed by atoms with Gasteiger partial charge in [0.05, 0.1) is 17.0 Å². The monoisotopic (exact) mass is 312 g/mol. The summed E-state index contributed by atoms with van der Waals surface area (Å²) in [5.41, 5.74) is 6.95. The number of benzene rings is 1. The van der Waals surface area contributed by atoms with Crippen molar-refractivity contribution in [1.82, 2.24) is 0 Å². The Morgan fingerprint density at radius 1 is 1.44 bits per heavy atom. The van der Waals surface area contributed by atoms with Crippen LogP contribution in [-0.4, -0.2) is 17.3 Å². The molecule has 18 heavy (non-hydrogen) atoms. The third-order valence-electron chi connectivity index (χ3n) is 3.83. The molecule has 0 saturated heterocycles. The summed E-state index contributed by atoms with van der Waals surface area (Å²) in [4.78, 5) is 0. The highest BCUT2D eigenvalue weighted by molar-refractivity contribution is 9.10. The van der Waals surface area contributed by atoms with Gasteiger partial charge in [0.15, 0.2) is 0 Å². The number of nitrogens with two attached hydrogens (primary N) is 1. The molecule has 4 N–H and O–H groups in total. The van der Waals surface area contributed by atoms with Gasteiger partial charge >= 0.3 is 0 Å². The number of nitrogen functional groups attached to an aromatic ring is 1. The smallest absolute Gasteiger partial charge is 0.0819 e. The van der Waals surface area contributed by atoms with E-state index in [0.717, 1.165) is 41.8 Å². The van der Waals surface area contributed by atoms with Crippen molar-refractivity contribution in [2.75, 3.05) is 17.6 Å². The fraction of sp³-hybridized carbons (Fsp3) is 0.571. The lowest BCUT2D eigenvalue weighted by atomic mass is 9.79. The summed E-state index contributed by atoms with van der Waals surface area (Å²) in [6.07, 6.45) is 3.96. The van der Waals surface area contributed by atoms with Crippen molar-refractivity contribution in [2.45, 2.75) is 38.2 Å². The number of hydrogen-bond acceptors (Lipinski definition) is 3. The van der Waals surface area contributed by atoms with E-state index < -0.39 is 5.60 Å². The third kappa shape index (κ3) is 3.39. The van der Waals surface area contributed by atoms with E-state index in [2.05, 4.69) is 28.2 Å². The van der Waals surface area contributed by atoms with Crippen molar-refractivity contribution in [3.8, 4) is 0 Å². The molecular formula is C14H21BrN2O. The van der Waals surface area contributed by atoms with Gasteiger partial charge < -0.3 is 16.2 Å². The minimum atomic E-state index is -0.577. The Morgan fingerprint density at radius 3 is 2.72 bits per heavy atom. The normalized spacial score (nSPS) is 28.1. The number of rotatable bonds is 3. The van der Waals surface area contributed by atoms with E-state index in [1.807, 2.05) is 18.2 Å². The van der Waals surface area contributed by atoms with Crippen LogP contribution >= 0.6 is 15.9 Å². The van der Waals surface area contributed by atoms with Crippen LogP contribution in [0.2, 0.25) is 0 Å². The number of halogens is 1. The van der Waals surface area contributed by atoms with Crippen LogP contribution in [0.3, 0.4) is 0 Å². The molecule has 3 nitrogen and oxygen atoms in total. The molecule has 0 aliphatic heterocycles. The molecule has 0 spiro atoms. The second-order valence-electron chi connectivity index (χ2n) is 5.49. The Hall–Kier alpha value is -0.740. The van der Waals surface area contributed by atoms with Crippen LogP contribution < -0.4 is 11.1 Å². The Labute approximate surface area is 117 Å². The quantitative estimate of drug-likeness (QED) is 0.750. The molecule has 0 heterocycles. The number of anilines is 2. The molecule has 0 radical (unpaired) electrons. The average Bonchev–Trinajstić information content (AvgIpc) is 2.32. The topological polar surface area (TPSA) is 58.3 Å². The van der Waals surface area contributed by atoms with Crippen molar-refractivity contribution in [3.63, 3.8) is 0 Å². The van der Waals surface area contributed by atoms with Gasteiger partial charge in [-0.25, -0.2) is 0 Å². The van der Waals surface area contributed by atoms with Gasteiger partial charge in [0.2, 0.25) is 0 Å². The van der Waals surface area contributed by atoms with Crippen LogP contribution in [0.4, 0.5) is 11.4 Å². The Morgan fingerprint density at radius 2 is 2.11 bits per heavy atom. The maximum atomic E-state index is 10.5. The minimum absolute atomic E-state index is 0.575. The summed E-state index contributed by atoms with van der Waals surface area (Å²) in [5, 5.41) is 13.8. The van der Waals surface area contributed by atoms with Crippen molar-refractivity contribution >= 4 is 27.3 Å².